The second kappa shape index (κ2) is 10.2. The van der Waals surface area contributed by atoms with Gasteiger partial charge in [0.25, 0.3) is 0 Å². The molecule has 5 heteroatoms. The number of ether oxygens (including phenoxy) is 2. The van der Waals surface area contributed by atoms with Crippen LogP contribution in [0.2, 0.25) is 0 Å². The first-order valence-electron chi connectivity index (χ1n) is 11.5. The van der Waals surface area contributed by atoms with Gasteiger partial charge >= 0.3 is 0 Å². The third-order valence-electron chi connectivity index (χ3n) is 6.75. The highest BCUT2D eigenvalue weighted by molar-refractivity contribution is 5.80. The molecule has 2 aliphatic rings. The topological polar surface area (TPSA) is 42.0 Å². The van der Waals surface area contributed by atoms with E-state index in [1.165, 1.54) is 5.56 Å². The van der Waals surface area contributed by atoms with E-state index in [0.29, 0.717) is 5.91 Å². The molecule has 0 aromatic heterocycles. The van der Waals surface area contributed by atoms with Crippen LogP contribution in [0.3, 0.4) is 0 Å². The molecule has 1 amide bonds. The van der Waals surface area contributed by atoms with Crippen molar-refractivity contribution in [3.63, 3.8) is 0 Å². The number of carbonyl (C=O) groups is 1. The second-order valence-electron chi connectivity index (χ2n) is 8.67. The Labute approximate surface area is 185 Å². The van der Waals surface area contributed by atoms with E-state index in [4.69, 9.17) is 9.47 Å². The number of carbonyl (C=O) groups excluding carboxylic acids is 1. The molecule has 2 heterocycles. The Hall–Kier alpha value is -2.53. The summed E-state index contributed by atoms with van der Waals surface area (Å²) in [6.07, 6.45) is 5.14. The Morgan fingerprint density at radius 1 is 1.00 bits per heavy atom. The predicted octanol–water partition coefficient (Wildman–Crippen LogP) is 4.32. The molecule has 0 N–H and O–H groups in total. The molecule has 0 radical (unpaired) electrons. The molecule has 5 nitrogen and oxygen atoms in total. The van der Waals surface area contributed by atoms with Crippen molar-refractivity contribution in [1.82, 2.24) is 9.80 Å². The summed E-state index contributed by atoms with van der Waals surface area (Å²) in [4.78, 5) is 18.1. The number of nitrogens with zero attached hydrogens (tertiary/aromatic N) is 2. The zero-order chi connectivity index (χ0) is 21.6. The highest BCUT2D eigenvalue weighted by atomic mass is 16.5. The van der Waals surface area contributed by atoms with Crippen molar-refractivity contribution in [2.24, 2.45) is 5.92 Å². The van der Waals surface area contributed by atoms with Gasteiger partial charge in [0.2, 0.25) is 5.91 Å². The number of benzene rings is 2. The van der Waals surface area contributed by atoms with E-state index in [1.54, 1.807) is 14.2 Å². The largest absolute Gasteiger partial charge is 0.497 e. The third-order valence-corrected chi connectivity index (χ3v) is 6.75. The summed E-state index contributed by atoms with van der Waals surface area (Å²) in [5.41, 5.74) is 2.45. The van der Waals surface area contributed by atoms with Crippen LogP contribution in [-0.4, -0.2) is 56.1 Å². The fourth-order valence-electron chi connectivity index (χ4n) is 5.07. The van der Waals surface area contributed by atoms with E-state index < -0.39 is 0 Å². The lowest BCUT2D eigenvalue weighted by Gasteiger charge is -2.36. The Bertz CT molecular complexity index is 870. The van der Waals surface area contributed by atoms with Gasteiger partial charge in [0.15, 0.2) is 0 Å². The predicted molar refractivity (Wildman–Crippen MR) is 123 cm³/mol. The first kappa shape index (κ1) is 21.7. The van der Waals surface area contributed by atoms with Crippen LogP contribution >= 0.6 is 0 Å². The van der Waals surface area contributed by atoms with Crippen LogP contribution in [0.15, 0.2) is 48.5 Å². The SMILES string of the molecule is COc1ccc([C@@H]2CCCN2C(=O)[C@@H]2CCCN(CCc3ccccc3)C2)c(OC)c1. The van der Waals surface area contributed by atoms with Crippen molar-refractivity contribution in [2.75, 3.05) is 40.4 Å². The zero-order valence-corrected chi connectivity index (χ0v) is 18.8. The maximum atomic E-state index is 13.6. The van der Waals surface area contributed by atoms with Crippen molar-refractivity contribution in [3.8, 4) is 11.5 Å². The number of piperidine rings is 1. The van der Waals surface area contributed by atoms with Crippen molar-refractivity contribution >= 4 is 5.91 Å². The maximum Gasteiger partial charge on any atom is 0.227 e. The average Bonchev–Trinajstić information content (AvgIpc) is 3.32. The molecule has 0 aliphatic carbocycles. The molecule has 2 aromatic carbocycles. The Kier molecular flexibility index (Phi) is 7.13. The van der Waals surface area contributed by atoms with Gasteiger partial charge in [-0.15, -0.1) is 0 Å². The minimum absolute atomic E-state index is 0.0908. The van der Waals surface area contributed by atoms with Gasteiger partial charge in [-0.2, -0.15) is 0 Å². The fraction of sp³-hybridized carbons (Fsp3) is 0.500. The lowest BCUT2D eigenvalue weighted by molar-refractivity contribution is -0.138. The summed E-state index contributed by atoms with van der Waals surface area (Å²) in [6.45, 7) is 3.81. The van der Waals surface area contributed by atoms with Gasteiger partial charge in [-0.3, -0.25) is 4.79 Å². The lowest BCUT2D eigenvalue weighted by atomic mass is 9.94. The highest BCUT2D eigenvalue weighted by Crippen LogP contribution is 2.40. The van der Waals surface area contributed by atoms with Crippen LogP contribution in [0.25, 0.3) is 0 Å². The quantitative estimate of drug-likeness (QED) is 0.666. The smallest absolute Gasteiger partial charge is 0.227 e. The molecule has 2 aromatic rings. The number of hydrogen-bond donors (Lipinski definition) is 0. The minimum atomic E-state index is 0.0908. The minimum Gasteiger partial charge on any atom is -0.497 e. The molecule has 4 rings (SSSR count). The normalized spacial score (nSPS) is 21.8. The van der Waals surface area contributed by atoms with Crippen LogP contribution < -0.4 is 9.47 Å². The molecule has 0 saturated carbocycles. The maximum absolute atomic E-state index is 13.6. The summed E-state index contributed by atoms with van der Waals surface area (Å²) < 4.78 is 11.0. The highest BCUT2D eigenvalue weighted by Gasteiger charge is 2.36. The van der Waals surface area contributed by atoms with Crippen molar-refractivity contribution in [1.29, 1.82) is 0 Å². The molecule has 2 saturated heterocycles. The van der Waals surface area contributed by atoms with Crippen molar-refractivity contribution in [2.45, 2.75) is 38.1 Å². The fourth-order valence-corrected chi connectivity index (χ4v) is 5.07. The van der Waals surface area contributed by atoms with E-state index in [1.807, 2.05) is 12.1 Å². The molecular weight excluding hydrogens is 388 g/mol. The average molecular weight is 423 g/mol. The van der Waals surface area contributed by atoms with E-state index in [0.717, 1.165) is 75.3 Å². The van der Waals surface area contributed by atoms with Crippen LogP contribution in [0, 0.1) is 5.92 Å². The summed E-state index contributed by atoms with van der Waals surface area (Å²) in [7, 11) is 3.34. The number of methoxy groups -OCH3 is 2. The van der Waals surface area contributed by atoms with E-state index >= 15 is 0 Å². The van der Waals surface area contributed by atoms with Crippen LogP contribution in [0.1, 0.15) is 42.9 Å². The number of hydrogen-bond acceptors (Lipinski definition) is 4. The molecular formula is C26H34N2O3. The zero-order valence-electron chi connectivity index (χ0n) is 18.8. The standard InChI is InChI=1S/C26H34N2O3/c1-30-22-12-13-23(25(18-22)31-2)24-11-7-16-28(24)26(29)21-10-6-15-27(19-21)17-14-20-8-4-3-5-9-20/h3-5,8-9,12-13,18,21,24H,6-7,10-11,14-17,19H2,1-2H3/t21-,24+/m1/s1. The summed E-state index contributed by atoms with van der Waals surface area (Å²) in [5, 5.41) is 0. The van der Waals surface area contributed by atoms with Crippen LogP contribution in [-0.2, 0) is 11.2 Å². The molecule has 0 bridgehead atoms. The molecule has 0 spiro atoms. The molecule has 166 valence electrons. The van der Waals surface area contributed by atoms with Gasteiger partial charge in [-0.05, 0) is 56.3 Å². The van der Waals surface area contributed by atoms with E-state index in [-0.39, 0.29) is 12.0 Å². The first-order chi connectivity index (χ1) is 15.2. The molecule has 31 heavy (non-hydrogen) atoms. The summed E-state index contributed by atoms with van der Waals surface area (Å²) in [5.74, 6) is 1.98. The number of amides is 1. The third kappa shape index (κ3) is 5.04. The number of rotatable bonds is 7. The van der Waals surface area contributed by atoms with Gasteiger partial charge < -0.3 is 19.3 Å². The van der Waals surface area contributed by atoms with Crippen LogP contribution in [0.4, 0.5) is 0 Å². The molecule has 2 fully saturated rings. The Balaban J connectivity index is 1.42. The lowest BCUT2D eigenvalue weighted by Crippen LogP contribution is -2.45. The van der Waals surface area contributed by atoms with Gasteiger partial charge in [0, 0.05) is 31.3 Å². The summed E-state index contributed by atoms with van der Waals surface area (Å²) in [6, 6.07) is 16.6. The van der Waals surface area contributed by atoms with E-state index in [9.17, 15) is 4.79 Å². The first-order valence-corrected chi connectivity index (χ1v) is 11.5. The molecule has 0 unspecified atom stereocenters. The van der Waals surface area contributed by atoms with Gasteiger partial charge in [0.05, 0.1) is 26.2 Å². The van der Waals surface area contributed by atoms with E-state index in [2.05, 4.69) is 46.2 Å². The van der Waals surface area contributed by atoms with Gasteiger partial charge in [-0.1, -0.05) is 30.3 Å². The van der Waals surface area contributed by atoms with Crippen molar-refractivity contribution in [3.05, 3.63) is 59.7 Å². The summed E-state index contributed by atoms with van der Waals surface area (Å²) >= 11 is 0. The van der Waals surface area contributed by atoms with Gasteiger partial charge in [-0.25, -0.2) is 0 Å². The van der Waals surface area contributed by atoms with Crippen molar-refractivity contribution < 1.29 is 14.3 Å². The Morgan fingerprint density at radius 3 is 2.58 bits per heavy atom. The van der Waals surface area contributed by atoms with Crippen LogP contribution in [0.5, 0.6) is 11.5 Å². The Morgan fingerprint density at radius 2 is 1.81 bits per heavy atom. The molecule has 2 aliphatic heterocycles. The van der Waals surface area contributed by atoms with Gasteiger partial charge in [0.1, 0.15) is 11.5 Å². The monoisotopic (exact) mass is 422 g/mol. The second-order valence-corrected chi connectivity index (χ2v) is 8.67. The number of likely N-dealkylation sites (tertiary alicyclic amines) is 2. The molecule has 2 atom stereocenters.